The molecule has 0 atom stereocenters. The number of Topliss-reactive ketones (excluding diaryl/α,β-unsaturated/α-hetero) is 1. The summed E-state index contributed by atoms with van der Waals surface area (Å²) in [6.45, 7) is 1.35. The van der Waals surface area contributed by atoms with Crippen molar-refractivity contribution in [1.29, 1.82) is 0 Å². The minimum absolute atomic E-state index is 0.194. The molecule has 3 heteroatoms. The highest BCUT2D eigenvalue weighted by Gasteiger charge is 2.05. The number of hydrogen-bond donors (Lipinski definition) is 0. The third-order valence-electron chi connectivity index (χ3n) is 0.997. The van der Waals surface area contributed by atoms with Crippen LogP contribution in [0.4, 0.5) is 4.39 Å². The lowest BCUT2D eigenvalue weighted by atomic mass is 10.2. The Morgan fingerprint density at radius 3 is 2.67 bits per heavy atom. The predicted molar refractivity (Wildman–Crippen MR) is 34.3 cm³/mol. The van der Waals surface area contributed by atoms with E-state index in [1.807, 2.05) is 0 Å². The number of ketones is 1. The summed E-state index contributed by atoms with van der Waals surface area (Å²) in [5.41, 5.74) is 0.194. The van der Waals surface area contributed by atoms with Crippen molar-refractivity contribution in [3.63, 3.8) is 0 Å². The summed E-state index contributed by atoms with van der Waals surface area (Å²) in [6, 6.07) is 1.49. The molecule has 0 bridgehead atoms. The molecule has 0 fully saturated rings. The van der Waals surface area contributed by atoms with E-state index < -0.39 is 0 Å². The maximum atomic E-state index is 12.4. The number of halogens is 1. The first-order valence-electron chi connectivity index (χ1n) is 2.45. The van der Waals surface area contributed by atoms with E-state index in [1.165, 1.54) is 13.0 Å². The van der Waals surface area contributed by atoms with E-state index in [0.29, 0.717) is 0 Å². The normalized spacial score (nSPS) is 9.56. The summed E-state index contributed by atoms with van der Waals surface area (Å²) in [4.78, 5) is 10.5. The van der Waals surface area contributed by atoms with Crippen LogP contribution in [-0.4, -0.2) is 5.78 Å². The van der Waals surface area contributed by atoms with Gasteiger partial charge in [-0.25, -0.2) is 0 Å². The van der Waals surface area contributed by atoms with Crippen molar-refractivity contribution in [2.24, 2.45) is 0 Å². The molecule has 0 saturated heterocycles. The van der Waals surface area contributed by atoms with E-state index in [4.69, 9.17) is 0 Å². The van der Waals surface area contributed by atoms with Crippen LogP contribution < -0.4 is 0 Å². The fraction of sp³-hybridized carbons (Fsp3) is 0.167. The van der Waals surface area contributed by atoms with Gasteiger partial charge in [-0.3, -0.25) is 4.79 Å². The fourth-order valence-corrected chi connectivity index (χ4v) is 1.21. The van der Waals surface area contributed by atoms with Crippen LogP contribution in [0, 0.1) is 5.13 Å². The van der Waals surface area contributed by atoms with Gasteiger partial charge in [0.25, 0.3) is 0 Å². The number of rotatable bonds is 1. The van der Waals surface area contributed by atoms with Gasteiger partial charge < -0.3 is 0 Å². The molecule has 0 aromatic carbocycles. The number of thiophene rings is 1. The fourth-order valence-electron chi connectivity index (χ4n) is 0.547. The summed E-state index contributed by atoms with van der Waals surface area (Å²) in [6.07, 6.45) is 0. The molecule has 9 heavy (non-hydrogen) atoms. The van der Waals surface area contributed by atoms with Gasteiger partial charge in [0, 0.05) is 0 Å². The summed E-state index contributed by atoms with van der Waals surface area (Å²) in [5, 5.41) is 1.18. The zero-order valence-electron chi connectivity index (χ0n) is 4.85. The molecule has 1 aromatic rings. The molecule has 1 heterocycles. The molecule has 0 saturated carbocycles. The maximum absolute atomic E-state index is 12.4. The van der Waals surface area contributed by atoms with Crippen molar-refractivity contribution in [2.45, 2.75) is 6.92 Å². The van der Waals surface area contributed by atoms with Gasteiger partial charge in [-0.2, -0.15) is 4.39 Å². The van der Waals surface area contributed by atoms with E-state index in [2.05, 4.69) is 0 Å². The molecular formula is C6H5FOS. The molecule has 0 N–H and O–H groups in total. The van der Waals surface area contributed by atoms with Crippen molar-refractivity contribution >= 4 is 17.1 Å². The summed E-state index contributed by atoms with van der Waals surface area (Å²) < 4.78 is 12.4. The van der Waals surface area contributed by atoms with Crippen LogP contribution in [0.15, 0.2) is 11.4 Å². The summed E-state index contributed by atoms with van der Waals surface area (Å²) in [7, 11) is 0. The molecular weight excluding hydrogens is 139 g/mol. The van der Waals surface area contributed by atoms with Gasteiger partial charge in [0.05, 0.1) is 5.56 Å². The average Bonchev–Trinajstić information content (AvgIpc) is 2.13. The third-order valence-corrected chi connectivity index (χ3v) is 1.70. The quantitative estimate of drug-likeness (QED) is 0.551. The lowest BCUT2D eigenvalue weighted by molar-refractivity contribution is 0.101. The van der Waals surface area contributed by atoms with Crippen molar-refractivity contribution < 1.29 is 9.18 Å². The van der Waals surface area contributed by atoms with Crippen molar-refractivity contribution in [3.8, 4) is 0 Å². The summed E-state index contributed by atoms with van der Waals surface area (Å²) >= 11 is 0.945. The molecule has 0 spiro atoms. The Kier molecular flexibility index (Phi) is 1.62. The minimum Gasteiger partial charge on any atom is -0.294 e. The molecule has 0 amide bonds. The van der Waals surface area contributed by atoms with Gasteiger partial charge in [-0.15, -0.1) is 11.3 Å². The van der Waals surface area contributed by atoms with Gasteiger partial charge in [0.15, 0.2) is 10.9 Å². The van der Waals surface area contributed by atoms with Gasteiger partial charge >= 0.3 is 0 Å². The van der Waals surface area contributed by atoms with Gasteiger partial charge in [-0.05, 0) is 18.4 Å². The lowest BCUT2D eigenvalue weighted by Crippen LogP contribution is -1.90. The number of carbonyl (C=O) groups excluding carboxylic acids is 1. The Labute approximate surface area is 56.1 Å². The van der Waals surface area contributed by atoms with Crippen LogP contribution in [0.25, 0.3) is 0 Å². The van der Waals surface area contributed by atoms with Crippen LogP contribution in [0.2, 0.25) is 0 Å². The van der Waals surface area contributed by atoms with Crippen LogP contribution in [-0.2, 0) is 0 Å². The van der Waals surface area contributed by atoms with E-state index in [1.54, 1.807) is 5.38 Å². The molecule has 0 aliphatic heterocycles. The molecule has 48 valence electrons. The molecule has 1 rings (SSSR count). The highest BCUT2D eigenvalue weighted by Crippen LogP contribution is 2.13. The van der Waals surface area contributed by atoms with Crippen LogP contribution in [0.5, 0.6) is 0 Å². The van der Waals surface area contributed by atoms with Gasteiger partial charge in [0.2, 0.25) is 0 Å². The van der Waals surface area contributed by atoms with E-state index in [9.17, 15) is 9.18 Å². The second-order valence-electron chi connectivity index (χ2n) is 1.66. The topological polar surface area (TPSA) is 17.1 Å². The second kappa shape index (κ2) is 2.27. The first kappa shape index (κ1) is 6.42. The number of carbonyl (C=O) groups is 1. The van der Waals surface area contributed by atoms with Crippen molar-refractivity contribution in [1.82, 2.24) is 0 Å². The van der Waals surface area contributed by atoms with Gasteiger partial charge in [-0.1, -0.05) is 0 Å². The SMILES string of the molecule is CC(=O)c1ccsc1F. The van der Waals surface area contributed by atoms with Crippen LogP contribution in [0.1, 0.15) is 17.3 Å². The zero-order chi connectivity index (χ0) is 6.85. The molecule has 0 unspecified atom stereocenters. The molecule has 0 aliphatic rings. The Balaban J connectivity index is 3.08. The molecule has 1 nitrogen and oxygen atoms in total. The average molecular weight is 144 g/mol. The Bertz CT molecular complexity index is 229. The Hall–Kier alpha value is -0.700. The third kappa shape index (κ3) is 1.16. The molecule has 1 aromatic heterocycles. The standard InChI is InChI=1S/C6H5FOS/c1-4(8)5-2-3-9-6(5)7/h2-3H,1H3. The number of hydrogen-bond acceptors (Lipinski definition) is 2. The van der Waals surface area contributed by atoms with Crippen molar-refractivity contribution in [3.05, 3.63) is 22.1 Å². The largest absolute Gasteiger partial charge is 0.294 e. The Morgan fingerprint density at radius 1 is 1.78 bits per heavy atom. The van der Waals surface area contributed by atoms with Crippen LogP contribution >= 0.6 is 11.3 Å². The minimum atomic E-state index is -0.387. The monoisotopic (exact) mass is 144 g/mol. The highest BCUT2D eigenvalue weighted by atomic mass is 32.1. The molecule has 0 aliphatic carbocycles. The zero-order valence-corrected chi connectivity index (χ0v) is 5.67. The first-order valence-corrected chi connectivity index (χ1v) is 3.33. The van der Waals surface area contributed by atoms with E-state index in [0.717, 1.165) is 11.3 Å². The van der Waals surface area contributed by atoms with E-state index in [-0.39, 0.29) is 16.5 Å². The maximum Gasteiger partial charge on any atom is 0.187 e. The smallest absolute Gasteiger partial charge is 0.187 e. The predicted octanol–water partition coefficient (Wildman–Crippen LogP) is 2.09. The van der Waals surface area contributed by atoms with Crippen molar-refractivity contribution in [2.75, 3.05) is 0 Å². The first-order chi connectivity index (χ1) is 4.22. The lowest BCUT2D eigenvalue weighted by Gasteiger charge is -1.84. The van der Waals surface area contributed by atoms with E-state index >= 15 is 0 Å². The highest BCUT2D eigenvalue weighted by molar-refractivity contribution is 7.08. The van der Waals surface area contributed by atoms with Gasteiger partial charge in [0.1, 0.15) is 0 Å². The van der Waals surface area contributed by atoms with Crippen LogP contribution in [0.3, 0.4) is 0 Å². The molecule has 0 radical (unpaired) electrons. The Morgan fingerprint density at radius 2 is 2.44 bits per heavy atom. The summed E-state index contributed by atoms with van der Waals surface area (Å²) in [5.74, 6) is -0.214. The second-order valence-corrected chi connectivity index (χ2v) is 2.53.